The highest BCUT2D eigenvalue weighted by molar-refractivity contribution is 6.31. The fourth-order valence-corrected chi connectivity index (χ4v) is 5.30. The van der Waals surface area contributed by atoms with E-state index in [1.54, 1.807) is 44.4 Å². The van der Waals surface area contributed by atoms with E-state index in [4.69, 9.17) is 40.3 Å². The number of pyridine rings is 1. The van der Waals surface area contributed by atoms with Gasteiger partial charge in [-0.2, -0.15) is 0 Å². The second kappa shape index (κ2) is 14.2. The molecule has 1 atom stereocenters. The molecule has 4 aromatic rings. The smallest absolute Gasteiger partial charge is 0.251 e. The minimum Gasteiger partial charge on any atom is -0.497 e. The number of benzene rings is 3. The molecule has 5 rings (SSSR count). The van der Waals surface area contributed by atoms with Gasteiger partial charge in [0, 0.05) is 22.1 Å². The summed E-state index contributed by atoms with van der Waals surface area (Å²) in [7, 11) is 3.11. The Hall–Kier alpha value is -4.38. The molecule has 1 aromatic heterocycles. The van der Waals surface area contributed by atoms with Crippen molar-refractivity contribution in [3.05, 3.63) is 100.0 Å². The molecule has 0 saturated heterocycles. The molecule has 1 unspecified atom stereocenters. The molecule has 9 nitrogen and oxygen atoms in total. The molecular weight excluding hydrogens is 627 g/mol. The zero-order valence-corrected chi connectivity index (χ0v) is 27.7. The third kappa shape index (κ3) is 7.78. The summed E-state index contributed by atoms with van der Waals surface area (Å²) < 4.78 is 42.1. The number of hydrogen-bond acceptors (Lipinski definition) is 8. The Bertz CT molecular complexity index is 1740. The highest BCUT2D eigenvalue weighted by Gasteiger charge is 2.38. The summed E-state index contributed by atoms with van der Waals surface area (Å²) in [5.41, 5.74) is 1.54. The van der Waals surface area contributed by atoms with Crippen LogP contribution in [0.4, 0.5) is 4.39 Å². The number of nitrogens with one attached hydrogen (secondary N) is 1. The lowest BCUT2D eigenvalue weighted by Gasteiger charge is -2.26. The monoisotopic (exact) mass is 664 g/mol. The fourth-order valence-electron chi connectivity index (χ4n) is 5.12. The number of amides is 1. The SMILES string of the molecule is COc1ccc(COCCOc2ccc(C(=O)NCC(C)(O)c3cc4c(c(-c5ccc(F)c(Cl)c5)n3)OCC4(C)C)cc2OC)cc1. The van der Waals surface area contributed by atoms with Gasteiger partial charge in [-0.15, -0.1) is 0 Å². The molecule has 3 aromatic carbocycles. The van der Waals surface area contributed by atoms with E-state index in [9.17, 15) is 14.3 Å². The Balaban J connectivity index is 1.23. The molecule has 11 heteroatoms. The third-order valence-corrected chi connectivity index (χ3v) is 8.25. The zero-order valence-electron chi connectivity index (χ0n) is 27.0. The van der Waals surface area contributed by atoms with Crippen LogP contribution in [0.1, 0.15) is 48.0 Å². The number of aromatic nitrogens is 1. The highest BCUT2D eigenvalue weighted by Crippen LogP contribution is 2.45. The lowest BCUT2D eigenvalue weighted by molar-refractivity contribution is 0.0489. The molecule has 0 saturated carbocycles. The Labute approximate surface area is 278 Å². The van der Waals surface area contributed by atoms with Crippen molar-refractivity contribution in [3.8, 4) is 34.3 Å². The fraction of sp³-hybridized carbons (Fsp3) is 0.333. The van der Waals surface area contributed by atoms with E-state index >= 15 is 0 Å². The molecule has 1 aliphatic rings. The molecule has 1 amide bonds. The minimum atomic E-state index is -1.57. The molecule has 2 heterocycles. The van der Waals surface area contributed by atoms with Crippen molar-refractivity contribution in [1.82, 2.24) is 10.3 Å². The quantitative estimate of drug-likeness (QED) is 0.157. The lowest BCUT2D eigenvalue weighted by atomic mass is 9.84. The number of fused-ring (bicyclic) bond motifs is 1. The van der Waals surface area contributed by atoms with Crippen LogP contribution < -0.4 is 24.3 Å². The average Bonchev–Trinajstić information content (AvgIpc) is 3.38. The van der Waals surface area contributed by atoms with Crippen molar-refractivity contribution in [1.29, 1.82) is 0 Å². The third-order valence-electron chi connectivity index (χ3n) is 7.96. The van der Waals surface area contributed by atoms with E-state index in [-0.39, 0.29) is 23.6 Å². The van der Waals surface area contributed by atoms with Gasteiger partial charge < -0.3 is 34.1 Å². The van der Waals surface area contributed by atoms with Gasteiger partial charge in [0.25, 0.3) is 5.91 Å². The predicted molar refractivity (Wildman–Crippen MR) is 176 cm³/mol. The van der Waals surface area contributed by atoms with E-state index < -0.39 is 17.3 Å². The van der Waals surface area contributed by atoms with Gasteiger partial charge in [-0.25, -0.2) is 9.37 Å². The van der Waals surface area contributed by atoms with Gasteiger partial charge in [0.15, 0.2) is 11.5 Å². The number of carbonyl (C=O) groups excluding carboxylic acids is 1. The Morgan fingerprint density at radius 2 is 1.81 bits per heavy atom. The summed E-state index contributed by atoms with van der Waals surface area (Å²) in [6.45, 7) is 6.95. The van der Waals surface area contributed by atoms with Crippen molar-refractivity contribution >= 4 is 17.5 Å². The lowest BCUT2D eigenvalue weighted by Crippen LogP contribution is -2.39. The van der Waals surface area contributed by atoms with Gasteiger partial charge in [-0.1, -0.05) is 37.6 Å². The summed E-state index contributed by atoms with van der Waals surface area (Å²) in [6.07, 6.45) is 0. The Morgan fingerprint density at radius 3 is 2.51 bits per heavy atom. The maximum absolute atomic E-state index is 13.9. The summed E-state index contributed by atoms with van der Waals surface area (Å²) in [5, 5.41) is 14.3. The normalized spacial score (nSPS) is 14.5. The predicted octanol–water partition coefficient (Wildman–Crippen LogP) is 6.46. The maximum atomic E-state index is 13.9. The van der Waals surface area contributed by atoms with Crippen LogP contribution in [0.15, 0.2) is 66.7 Å². The van der Waals surface area contributed by atoms with Crippen LogP contribution in [-0.4, -0.2) is 56.6 Å². The number of rotatable bonds is 13. The second-order valence-electron chi connectivity index (χ2n) is 12.1. The van der Waals surface area contributed by atoms with Crippen LogP contribution in [0.3, 0.4) is 0 Å². The van der Waals surface area contributed by atoms with Gasteiger partial charge in [0.05, 0.1) is 51.3 Å². The van der Waals surface area contributed by atoms with Crippen molar-refractivity contribution in [2.75, 3.05) is 40.6 Å². The van der Waals surface area contributed by atoms with Gasteiger partial charge in [0.2, 0.25) is 0 Å². The molecule has 47 heavy (non-hydrogen) atoms. The molecule has 0 aliphatic carbocycles. The van der Waals surface area contributed by atoms with Crippen LogP contribution in [-0.2, 0) is 22.4 Å². The van der Waals surface area contributed by atoms with Gasteiger partial charge in [-0.3, -0.25) is 4.79 Å². The molecule has 0 bridgehead atoms. The summed E-state index contributed by atoms with van der Waals surface area (Å²) in [5.74, 6) is 1.21. The first-order chi connectivity index (χ1) is 22.4. The number of methoxy groups -OCH3 is 2. The molecule has 0 radical (unpaired) electrons. The average molecular weight is 665 g/mol. The standard InChI is InChI=1S/C36H38ClFN2O7/c1-35(2)21-47-33-26(35)18-31(40-32(33)23-8-12-28(38)27(37)16-23)36(3,42)20-39-34(41)24-9-13-29(30(17-24)44-5)46-15-14-45-19-22-6-10-25(43-4)11-7-22/h6-13,16-18,42H,14-15,19-21H2,1-5H3,(H,39,41). The second-order valence-corrected chi connectivity index (χ2v) is 12.5. The Morgan fingerprint density at radius 1 is 1.04 bits per heavy atom. The van der Waals surface area contributed by atoms with Gasteiger partial charge in [-0.05, 0) is 67.1 Å². The van der Waals surface area contributed by atoms with Gasteiger partial charge >= 0.3 is 0 Å². The van der Waals surface area contributed by atoms with E-state index in [2.05, 4.69) is 5.32 Å². The van der Waals surface area contributed by atoms with Crippen LogP contribution >= 0.6 is 11.6 Å². The first-order valence-electron chi connectivity index (χ1n) is 15.1. The molecule has 1 aliphatic heterocycles. The molecule has 248 valence electrons. The number of ether oxygens (including phenoxy) is 5. The van der Waals surface area contributed by atoms with E-state index in [1.807, 2.05) is 38.1 Å². The molecule has 0 fully saturated rings. The minimum absolute atomic E-state index is 0.0513. The number of halogens is 2. The topological polar surface area (TPSA) is 108 Å². The van der Waals surface area contributed by atoms with E-state index in [0.29, 0.717) is 59.6 Å². The van der Waals surface area contributed by atoms with Crippen LogP contribution in [0.5, 0.6) is 23.0 Å². The number of hydrogen-bond donors (Lipinski definition) is 2. The molecule has 2 N–H and O–H groups in total. The van der Waals surface area contributed by atoms with Crippen LogP contribution in [0.2, 0.25) is 5.02 Å². The van der Waals surface area contributed by atoms with Crippen molar-refractivity contribution in [2.45, 2.75) is 38.4 Å². The first kappa shape index (κ1) is 34.0. The molecular formula is C36H38ClFN2O7. The van der Waals surface area contributed by atoms with E-state index in [1.165, 1.54) is 19.2 Å². The maximum Gasteiger partial charge on any atom is 0.251 e. The summed E-state index contributed by atoms with van der Waals surface area (Å²) >= 11 is 6.08. The van der Waals surface area contributed by atoms with Crippen molar-refractivity contribution in [2.24, 2.45) is 0 Å². The summed E-state index contributed by atoms with van der Waals surface area (Å²) in [6, 6.07) is 18.6. The van der Waals surface area contributed by atoms with Crippen molar-refractivity contribution in [3.63, 3.8) is 0 Å². The molecule has 0 spiro atoms. The zero-order chi connectivity index (χ0) is 33.8. The van der Waals surface area contributed by atoms with Crippen LogP contribution in [0.25, 0.3) is 11.3 Å². The number of nitrogens with zero attached hydrogens (tertiary/aromatic N) is 1. The number of aliphatic hydroxyl groups is 1. The van der Waals surface area contributed by atoms with E-state index in [0.717, 1.165) is 16.9 Å². The summed E-state index contributed by atoms with van der Waals surface area (Å²) in [4.78, 5) is 17.9. The Kier molecular flexibility index (Phi) is 10.2. The largest absolute Gasteiger partial charge is 0.497 e. The van der Waals surface area contributed by atoms with Crippen LogP contribution in [0, 0.1) is 5.82 Å². The van der Waals surface area contributed by atoms with Crippen molar-refractivity contribution < 1.29 is 38.0 Å². The highest BCUT2D eigenvalue weighted by atomic mass is 35.5. The van der Waals surface area contributed by atoms with Gasteiger partial charge in [0.1, 0.15) is 35.2 Å². The first-order valence-corrected chi connectivity index (χ1v) is 15.5. The number of carbonyl (C=O) groups is 1.